The lowest BCUT2D eigenvalue weighted by molar-refractivity contribution is 0.592. The molecule has 608 valence electrons. The summed E-state index contributed by atoms with van der Waals surface area (Å²) in [6.07, 6.45) is 0. The summed E-state index contributed by atoms with van der Waals surface area (Å²) in [4.78, 5) is 31.2. The summed E-state index contributed by atoms with van der Waals surface area (Å²) in [5.41, 5.74) is 32.2. The van der Waals surface area contributed by atoms with Crippen molar-refractivity contribution >= 4 is 66.4 Å². The Balaban J connectivity index is 0.000000152. The number of benzene rings is 18. The third-order valence-electron chi connectivity index (χ3n) is 25.3. The van der Waals surface area contributed by atoms with Crippen molar-refractivity contribution in [1.82, 2.24) is 29.9 Å². The molecule has 0 N–H and O–H groups in total. The molecule has 0 amide bonds. The van der Waals surface area contributed by atoms with Crippen LogP contribution in [0.15, 0.2) is 467 Å². The van der Waals surface area contributed by atoms with Crippen LogP contribution in [0.5, 0.6) is 0 Å². The van der Waals surface area contributed by atoms with Gasteiger partial charge in [0.1, 0.15) is 0 Å². The Hall–Kier alpha value is -16.3. The minimum absolute atomic E-state index is 0.0485. The molecule has 4 aromatic heterocycles. The van der Waals surface area contributed by atoms with Gasteiger partial charge in [-0.1, -0.05) is 451 Å². The van der Waals surface area contributed by atoms with E-state index in [1.165, 1.54) is 66.4 Å². The summed E-state index contributed by atoms with van der Waals surface area (Å²) in [5.74, 6) is 1.33. The van der Waals surface area contributed by atoms with Crippen molar-refractivity contribution in [2.45, 2.75) is 19.3 Å². The van der Waals surface area contributed by atoms with E-state index in [4.69, 9.17) is 29.9 Å². The molecule has 1 aliphatic carbocycles. The molecule has 8 heteroatoms. The Morgan fingerprint density at radius 1 is 0.194 bits per heavy atom. The molecule has 129 heavy (non-hydrogen) atoms. The first-order valence-electron chi connectivity index (χ1n) is 43.8. The first kappa shape index (κ1) is 78.7. The van der Waals surface area contributed by atoms with Crippen LogP contribution in [-0.2, 0) is 9.98 Å². The maximum atomic E-state index is 15.1. The van der Waals surface area contributed by atoms with Gasteiger partial charge in [-0.2, -0.15) is 0 Å². The molecule has 0 bridgehead atoms. The van der Waals surface area contributed by atoms with Gasteiger partial charge in [-0.15, -0.1) is 0 Å². The quantitative estimate of drug-likeness (QED) is 0.0702. The van der Waals surface area contributed by atoms with Crippen molar-refractivity contribution < 1.29 is 4.57 Å². The fraction of sp³-hybridized carbons (Fsp3) is 0.0248. The van der Waals surface area contributed by atoms with Gasteiger partial charge in [0, 0.05) is 98.2 Å². The monoisotopic (exact) mass is 1670 g/mol. The highest BCUT2D eigenvalue weighted by molar-refractivity contribution is 7.85. The van der Waals surface area contributed by atoms with E-state index in [9.17, 15) is 0 Å². The molecule has 18 aromatic carbocycles. The SMILES string of the molecule is CC1(C)c2ccccc2-c2ccc(-c3ccc(-c4cc(-c5ccc(-c6ccc7c(c6)nc(-c6ccccc6)c6cccc(-c8ccccc8)c67)cc5)nc(-c5ccccc5)n4)cc3)cc21.O=P(c1ccccc1)(c1ccccc1)c1ccc(-c2cc(-c3ccc(-c4ccc5c(c4)nc(-c4ccccc4)c4cccc(-c6ccccc6)c45)cc3)nc(-c3ccccc3)n2)cc1. The average Bonchev–Trinajstić information content (AvgIpc) is 1.61. The maximum absolute atomic E-state index is 15.1. The van der Waals surface area contributed by atoms with Crippen molar-refractivity contribution in [2.75, 3.05) is 0 Å². The number of aromatic nitrogens is 6. The molecule has 0 spiro atoms. The summed E-state index contributed by atoms with van der Waals surface area (Å²) < 4.78 is 15.1. The zero-order valence-corrected chi connectivity index (χ0v) is 71.9. The van der Waals surface area contributed by atoms with E-state index in [2.05, 4.69) is 335 Å². The van der Waals surface area contributed by atoms with Crippen LogP contribution in [0.25, 0.3) is 200 Å². The summed E-state index contributed by atoms with van der Waals surface area (Å²) in [6, 6.07) is 163. The van der Waals surface area contributed by atoms with E-state index >= 15 is 4.57 Å². The van der Waals surface area contributed by atoms with Gasteiger partial charge in [0.25, 0.3) is 0 Å². The standard InChI is InChI=1S/C62H43N3.C59H40N3OP/c1-62(2)54-24-13-12-21-50(54)51-35-33-47(37-55(51)62)40-25-29-43(30-26-40)56-39-57(65-61(64-56)46-19-10-5-11-20-46)44-31-27-41(28-32-44)48-34-36-52-58(38-48)63-60(45-17-8-4-9-18-45)53-23-14-22-49(59(52)53)42-15-6-3-7-16-42;63-64(48-23-12-4-13-24-48,49-25-14-5-15-26-49)50-36-33-44(34-37-50)55-40-54(61-59(62-55)46-21-10-3-11-22-46)43-31-29-41(30-32-43)47-35-38-52-56(39-47)60-58(45-19-8-2-9-20-45)53-28-16-27-51(57(52)53)42-17-6-1-7-18-42/h3-39H,1-2H3;1-40H. The largest absolute Gasteiger partial charge is 0.309 e. The Morgan fingerprint density at radius 3 is 0.868 bits per heavy atom. The normalized spacial score (nSPS) is 12.0. The zero-order chi connectivity index (χ0) is 86.4. The minimum atomic E-state index is -3.13. The van der Waals surface area contributed by atoms with Crippen LogP contribution in [0, 0.1) is 0 Å². The smallest absolute Gasteiger partial charge is 0.171 e. The van der Waals surface area contributed by atoms with Gasteiger partial charge in [-0.05, 0) is 108 Å². The van der Waals surface area contributed by atoms with Crippen molar-refractivity contribution in [1.29, 1.82) is 0 Å². The molecule has 1 aliphatic rings. The lowest BCUT2D eigenvalue weighted by Gasteiger charge is -2.22. The highest BCUT2D eigenvalue weighted by Crippen LogP contribution is 2.51. The summed E-state index contributed by atoms with van der Waals surface area (Å²) >= 11 is 0. The molecule has 22 aromatic rings. The van der Waals surface area contributed by atoms with E-state index in [0.29, 0.717) is 11.6 Å². The zero-order valence-electron chi connectivity index (χ0n) is 71.0. The van der Waals surface area contributed by atoms with E-state index < -0.39 is 7.14 Å². The van der Waals surface area contributed by atoms with Gasteiger partial charge < -0.3 is 4.57 Å². The van der Waals surface area contributed by atoms with E-state index in [0.717, 1.165) is 149 Å². The van der Waals surface area contributed by atoms with Gasteiger partial charge >= 0.3 is 0 Å². The minimum Gasteiger partial charge on any atom is -0.309 e. The van der Waals surface area contributed by atoms with Gasteiger partial charge in [-0.25, -0.2) is 29.9 Å². The predicted molar refractivity (Wildman–Crippen MR) is 537 cm³/mol. The summed E-state index contributed by atoms with van der Waals surface area (Å²) in [5, 5.41) is 9.32. The molecule has 0 saturated heterocycles. The molecule has 23 rings (SSSR count). The van der Waals surface area contributed by atoms with Crippen molar-refractivity contribution in [3.05, 3.63) is 478 Å². The Bertz CT molecular complexity index is 7970. The Kier molecular flexibility index (Phi) is 20.5. The third-order valence-corrected chi connectivity index (χ3v) is 28.4. The number of rotatable bonds is 16. The Labute approximate surface area is 750 Å². The summed E-state index contributed by atoms with van der Waals surface area (Å²) in [6.45, 7) is 4.67. The average molecular weight is 1670 g/mol. The molecule has 7 nitrogen and oxygen atoms in total. The van der Waals surface area contributed by atoms with E-state index in [1.54, 1.807) is 0 Å². The van der Waals surface area contributed by atoms with E-state index in [-0.39, 0.29) is 5.41 Å². The topological polar surface area (TPSA) is 94.4 Å². The second kappa shape index (κ2) is 33.6. The molecule has 4 heterocycles. The van der Waals surface area contributed by atoms with Crippen LogP contribution in [0.1, 0.15) is 25.0 Å². The highest BCUT2D eigenvalue weighted by atomic mass is 31.2. The maximum Gasteiger partial charge on any atom is 0.171 e. The molecule has 0 saturated carbocycles. The molecule has 0 fully saturated rings. The molecule has 0 atom stereocenters. The fourth-order valence-electron chi connectivity index (χ4n) is 18.7. The number of hydrogen-bond donors (Lipinski definition) is 0. The lowest BCUT2D eigenvalue weighted by atomic mass is 9.81. The summed E-state index contributed by atoms with van der Waals surface area (Å²) in [7, 11) is -3.13. The van der Waals surface area contributed by atoms with Crippen LogP contribution < -0.4 is 15.9 Å². The molecule has 0 aliphatic heterocycles. The van der Waals surface area contributed by atoms with Crippen LogP contribution in [0.4, 0.5) is 0 Å². The molecule has 0 radical (unpaired) electrons. The van der Waals surface area contributed by atoms with Gasteiger partial charge in [0.05, 0.1) is 45.2 Å². The first-order chi connectivity index (χ1) is 63.6. The fourth-order valence-corrected chi connectivity index (χ4v) is 21.3. The van der Waals surface area contributed by atoms with Crippen LogP contribution in [-0.4, -0.2) is 29.9 Å². The second-order valence-electron chi connectivity index (χ2n) is 33.5. The van der Waals surface area contributed by atoms with Crippen LogP contribution >= 0.6 is 7.14 Å². The number of hydrogen-bond acceptors (Lipinski definition) is 7. The van der Waals surface area contributed by atoms with E-state index in [1.807, 2.05) is 146 Å². The number of nitrogens with zero attached hydrogens (tertiary/aromatic N) is 6. The highest BCUT2D eigenvalue weighted by Gasteiger charge is 2.36. The third kappa shape index (κ3) is 15.0. The molecule has 0 unspecified atom stereocenters. The molecular weight excluding hydrogens is 1580 g/mol. The predicted octanol–water partition coefficient (Wildman–Crippen LogP) is 30.0. The number of fused-ring (bicyclic) bond motifs is 9. The van der Waals surface area contributed by atoms with Crippen molar-refractivity contribution in [3.63, 3.8) is 0 Å². The first-order valence-corrected chi connectivity index (χ1v) is 45.5. The van der Waals surface area contributed by atoms with Crippen molar-refractivity contribution in [2.24, 2.45) is 0 Å². The Morgan fingerprint density at radius 2 is 0.481 bits per heavy atom. The van der Waals surface area contributed by atoms with Gasteiger partial charge in [0.15, 0.2) is 18.8 Å². The van der Waals surface area contributed by atoms with Gasteiger partial charge in [0.2, 0.25) is 0 Å². The van der Waals surface area contributed by atoms with Crippen molar-refractivity contribution in [3.8, 4) is 157 Å². The van der Waals surface area contributed by atoms with Crippen LogP contribution in [0.2, 0.25) is 0 Å². The lowest BCUT2D eigenvalue weighted by Crippen LogP contribution is -2.24. The number of pyridine rings is 2. The molecular formula is C121H83N6OP. The second-order valence-corrected chi connectivity index (χ2v) is 36.2. The van der Waals surface area contributed by atoms with Gasteiger partial charge in [-0.3, -0.25) is 0 Å². The van der Waals surface area contributed by atoms with Crippen LogP contribution in [0.3, 0.4) is 0 Å².